The number of hydrogen-bond donors (Lipinski definition) is 2. The van der Waals surface area contributed by atoms with Crippen molar-refractivity contribution < 1.29 is 9.16 Å². The molecule has 0 unspecified atom stereocenters. The van der Waals surface area contributed by atoms with Gasteiger partial charge in [-0.05, 0) is 66.7 Å². The van der Waals surface area contributed by atoms with E-state index in [1.54, 1.807) is 6.20 Å². The van der Waals surface area contributed by atoms with Crippen molar-refractivity contribution in [3.05, 3.63) is 58.5 Å². The van der Waals surface area contributed by atoms with Crippen molar-refractivity contribution in [3.8, 4) is 17.3 Å². The first-order valence-corrected chi connectivity index (χ1v) is 18.5. The number of rotatable bonds is 9. The molecule has 43 heavy (non-hydrogen) atoms. The van der Waals surface area contributed by atoms with Gasteiger partial charge in [-0.1, -0.05) is 40.5 Å². The molecule has 9 heteroatoms. The van der Waals surface area contributed by atoms with E-state index >= 15 is 0 Å². The van der Waals surface area contributed by atoms with Gasteiger partial charge in [-0.2, -0.15) is 5.26 Å². The quantitative estimate of drug-likeness (QED) is 0.249. The number of ether oxygens (including phenoxy) is 1. The average Bonchev–Trinajstić information content (AvgIpc) is 3.76. The van der Waals surface area contributed by atoms with E-state index in [4.69, 9.17) is 19.1 Å². The maximum Gasteiger partial charge on any atom is 0.227 e. The standard InChI is InChI=1S/C34H44N6O2Si/c1-33(2,3)43(5,6)42-21-34(4)20-37-31-24(18-35)15-23(16-26(31)34)27-11-13-36-32(39-27)40-30-17-25-19-41-14-12-28(25)38-29(30)10-9-22-7-8-22/h11,13,15-17,22,37H,7-10,12,14,19-21H2,1-6H3,(H,36,39,40)/t34-/m1/s1. The van der Waals surface area contributed by atoms with Gasteiger partial charge in [0.15, 0.2) is 8.32 Å². The van der Waals surface area contributed by atoms with Gasteiger partial charge >= 0.3 is 0 Å². The molecule has 8 nitrogen and oxygen atoms in total. The zero-order valence-corrected chi connectivity index (χ0v) is 27.4. The minimum absolute atomic E-state index is 0.126. The van der Waals surface area contributed by atoms with Crippen LogP contribution in [0.3, 0.4) is 0 Å². The lowest BCUT2D eigenvalue weighted by molar-refractivity contribution is 0.109. The first-order valence-electron chi connectivity index (χ1n) is 15.6. The van der Waals surface area contributed by atoms with Crippen molar-refractivity contribution in [2.45, 2.75) is 90.0 Å². The summed E-state index contributed by atoms with van der Waals surface area (Å²) in [6.07, 6.45) is 7.40. The van der Waals surface area contributed by atoms with Crippen LogP contribution < -0.4 is 10.6 Å². The fourth-order valence-electron chi connectivity index (χ4n) is 5.68. The number of nitriles is 1. The molecule has 4 heterocycles. The number of pyridine rings is 1. The molecule has 1 saturated carbocycles. The molecule has 3 aliphatic rings. The summed E-state index contributed by atoms with van der Waals surface area (Å²) in [6.45, 7) is 16.2. The predicted octanol–water partition coefficient (Wildman–Crippen LogP) is 7.27. The van der Waals surface area contributed by atoms with Crippen molar-refractivity contribution >= 4 is 25.6 Å². The van der Waals surface area contributed by atoms with E-state index in [0.29, 0.717) is 24.7 Å². The van der Waals surface area contributed by atoms with Gasteiger partial charge in [0.2, 0.25) is 5.95 Å². The molecule has 1 aromatic carbocycles. The van der Waals surface area contributed by atoms with Crippen LogP contribution >= 0.6 is 0 Å². The van der Waals surface area contributed by atoms with Crippen LogP contribution in [0.4, 0.5) is 17.3 Å². The minimum atomic E-state index is -1.94. The Kier molecular flexibility index (Phi) is 7.82. The number of fused-ring (bicyclic) bond motifs is 2. The van der Waals surface area contributed by atoms with Gasteiger partial charge in [0.25, 0.3) is 0 Å². The Balaban J connectivity index is 1.30. The topological polar surface area (TPSA) is 105 Å². The molecular formula is C34H44N6O2Si. The third-order valence-corrected chi connectivity index (χ3v) is 14.3. The lowest BCUT2D eigenvalue weighted by atomic mass is 9.83. The fraction of sp³-hybridized carbons (Fsp3) is 0.529. The number of hydrogen-bond acceptors (Lipinski definition) is 8. The number of anilines is 3. The molecule has 2 aromatic heterocycles. The average molecular weight is 597 g/mol. The normalized spacial score (nSPS) is 19.7. The Bertz CT molecular complexity index is 1570. The van der Waals surface area contributed by atoms with E-state index in [-0.39, 0.29) is 10.5 Å². The zero-order chi connectivity index (χ0) is 30.4. The largest absolute Gasteiger partial charge is 0.416 e. The molecule has 0 spiro atoms. The van der Waals surface area contributed by atoms with Gasteiger partial charge in [0.1, 0.15) is 6.07 Å². The molecule has 1 atom stereocenters. The molecule has 1 aliphatic carbocycles. The maximum absolute atomic E-state index is 10.1. The fourth-order valence-corrected chi connectivity index (χ4v) is 6.80. The second-order valence-electron chi connectivity index (χ2n) is 14.3. The van der Waals surface area contributed by atoms with Gasteiger partial charge in [0.05, 0.1) is 41.5 Å². The van der Waals surface area contributed by atoms with E-state index in [1.807, 2.05) is 12.1 Å². The monoisotopic (exact) mass is 596 g/mol. The number of aryl methyl sites for hydroxylation is 1. The van der Waals surface area contributed by atoms with E-state index < -0.39 is 8.32 Å². The molecule has 2 N–H and O–H groups in total. The summed E-state index contributed by atoms with van der Waals surface area (Å²) in [5, 5.41) is 17.2. The minimum Gasteiger partial charge on any atom is -0.416 e. The molecule has 1 fully saturated rings. The summed E-state index contributed by atoms with van der Waals surface area (Å²) in [7, 11) is -1.94. The van der Waals surface area contributed by atoms with Crippen LogP contribution in [-0.2, 0) is 34.0 Å². The van der Waals surface area contributed by atoms with E-state index in [9.17, 15) is 5.26 Å². The number of nitrogens with one attached hydrogen (secondary N) is 2. The van der Waals surface area contributed by atoms with Crippen molar-refractivity contribution in [2.75, 3.05) is 30.4 Å². The van der Waals surface area contributed by atoms with Crippen LogP contribution in [0.5, 0.6) is 0 Å². The van der Waals surface area contributed by atoms with E-state index in [0.717, 1.165) is 83.5 Å². The highest BCUT2D eigenvalue weighted by molar-refractivity contribution is 6.74. The molecule has 3 aromatic rings. The van der Waals surface area contributed by atoms with Crippen molar-refractivity contribution in [1.29, 1.82) is 5.26 Å². The summed E-state index contributed by atoms with van der Waals surface area (Å²) < 4.78 is 12.4. The van der Waals surface area contributed by atoms with Gasteiger partial charge in [-0.25, -0.2) is 9.97 Å². The summed E-state index contributed by atoms with van der Waals surface area (Å²) >= 11 is 0. The molecule has 0 bridgehead atoms. The van der Waals surface area contributed by atoms with Gasteiger partial charge < -0.3 is 19.8 Å². The van der Waals surface area contributed by atoms with Gasteiger partial charge in [-0.15, -0.1) is 0 Å². The van der Waals surface area contributed by atoms with Gasteiger partial charge in [0, 0.05) is 48.0 Å². The van der Waals surface area contributed by atoms with Crippen LogP contribution in [0.15, 0.2) is 30.5 Å². The first-order chi connectivity index (χ1) is 20.5. The molecule has 226 valence electrons. The Hall–Kier alpha value is -3.32. The van der Waals surface area contributed by atoms with Crippen molar-refractivity contribution in [1.82, 2.24) is 15.0 Å². The van der Waals surface area contributed by atoms with E-state index in [1.165, 1.54) is 12.8 Å². The molecule has 2 aliphatic heterocycles. The summed E-state index contributed by atoms with van der Waals surface area (Å²) in [4.78, 5) is 14.6. The SMILES string of the molecule is CC(C)(C)[Si](C)(C)OC[C@@]1(C)CNc2c(C#N)cc(-c3ccnc(Nc4cc5c(nc4CCC4CC4)CCOC5)n3)cc21. The maximum atomic E-state index is 10.1. The van der Waals surface area contributed by atoms with Crippen LogP contribution in [0.2, 0.25) is 18.1 Å². The highest BCUT2D eigenvalue weighted by atomic mass is 28.4. The highest BCUT2D eigenvalue weighted by Crippen LogP contribution is 2.44. The number of nitrogens with zero attached hydrogens (tertiary/aromatic N) is 4. The predicted molar refractivity (Wildman–Crippen MR) is 173 cm³/mol. The Morgan fingerprint density at radius 1 is 1.21 bits per heavy atom. The third-order valence-electron chi connectivity index (χ3n) is 9.82. The van der Waals surface area contributed by atoms with Crippen molar-refractivity contribution in [2.24, 2.45) is 5.92 Å². The van der Waals surface area contributed by atoms with E-state index in [2.05, 4.69) is 74.6 Å². The van der Waals surface area contributed by atoms with Crippen LogP contribution in [0.25, 0.3) is 11.3 Å². The Morgan fingerprint density at radius 2 is 2.02 bits per heavy atom. The Morgan fingerprint density at radius 3 is 2.77 bits per heavy atom. The second-order valence-corrected chi connectivity index (χ2v) is 19.1. The van der Waals surface area contributed by atoms with Gasteiger partial charge in [-0.3, -0.25) is 4.98 Å². The van der Waals surface area contributed by atoms with Crippen LogP contribution in [0.1, 0.15) is 75.0 Å². The van der Waals surface area contributed by atoms with Crippen LogP contribution in [0, 0.1) is 17.2 Å². The lowest BCUT2D eigenvalue weighted by Crippen LogP contribution is -2.45. The molecule has 0 saturated heterocycles. The molecule has 0 radical (unpaired) electrons. The zero-order valence-electron chi connectivity index (χ0n) is 26.4. The lowest BCUT2D eigenvalue weighted by Gasteiger charge is -2.39. The second kappa shape index (κ2) is 11.3. The Labute approximate surface area is 256 Å². The molecule has 6 rings (SSSR count). The molecular weight excluding hydrogens is 553 g/mol. The highest BCUT2D eigenvalue weighted by Gasteiger charge is 2.42. The summed E-state index contributed by atoms with van der Waals surface area (Å²) in [5.74, 6) is 1.35. The smallest absolute Gasteiger partial charge is 0.227 e. The number of benzene rings is 1. The third kappa shape index (κ3) is 6.19. The molecule has 0 amide bonds. The summed E-state index contributed by atoms with van der Waals surface area (Å²) in [5.41, 5.74) is 8.35. The number of aromatic nitrogens is 3. The summed E-state index contributed by atoms with van der Waals surface area (Å²) in [6, 6.07) is 10.6. The van der Waals surface area contributed by atoms with Crippen LogP contribution in [-0.4, -0.2) is 43.0 Å². The van der Waals surface area contributed by atoms with Crippen molar-refractivity contribution in [3.63, 3.8) is 0 Å². The first kappa shape index (κ1) is 29.7.